The van der Waals surface area contributed by atoms with Crippen molar-refractivity contribution in [3.8, 4) is 12.1 Å². The van der Waals surface area contributed by atoms with Gasteiger partial charge in [-0.25, -0.2) is 0 Å². The van der Waals surface area contributed by atoms with Gasteiger partial charge in [-0.15, -0.1) is 0 Å². The van der Waals surface area contributed by atoms with Crippen LogP contribution in [0.1, 0.15) is 26.7 Å². The number of nitrogens with zero attached hydrogens (tertiary/aromatic N) is 3. The van der Waals surface area contributed by atoms with E-state index in [0.717, 1.165) is 37.4 Å². The van der Waals surface area contributed by atoms with Crippen molar-refractivity contribution in [2.75, 3.05) is 13.2 Å². The van der Waals surface area contributed by atoms with Gasteiger partial charge >= 0.3 is 0 Å². The van der Waals surface area contributed by atoms with Crippen LogP contribution >= 0.6 is 0 Å². The molecule has 0 bridgehead atoms. The molecule has 2 rings (SSSR count). The van der Waals surface area contributed by atoms with Crippen molar-refractivity contribution >= 4 is 0 Å². The first-order chi connectivity index (χ1) is 9.15. The standard InChI is InChI=1S/C15H17N3O/c1-11-6-13(14(8-16)9-17)7-12(2)18(11)10-15-4-3-5-19-15/h6-7,15H,3-5,10H2,1-2H3. The van der Waals surface area contributed by atoms with E-state index in [4.69, 9.17) is 15.3 Å². The summed E-state index contributed by atoms with van der Waals surface area (Å²) in [5, 5.41) is 17.8. The molecule has 0 N–H and O–H groups in total. The number of rotatable bonds is 2. The van der Waals surface area contributed by atoms with Crippen LogP contribution in [0.25, 0.3) is 0 Å². The molecule has 0 aliphatic carbocycles. The van der Waals surface area contributed by atoms with Crippen LogP contribution in [0.15, 0.2) is 34.7 Å². The maximum atomic E-state index is 8.92. The van der Waals surface area contributed by atoms with Crippen LogP contribution in [0.2, 0.25) is 0 Å². The van der Waals surface area contributed by atoms with Crippen LogP contribution in [0, 0.1) is 22.7 Å². The Bertz CT molecular complexity index is 499. The summed E-state index contributed by atoms with van der Waals surface area (Å²) in [5.41, 5.74) is 2.96. The smallest absolute Gasteiger partial charge is 0.137 e. The van der Waals surface area contributed by atoms with E-state index in [2.05, 4.69) is 4.90 Å². The van der Waals surface area contributed by atoms with E-state index in [9.17, 15) is 0 Å². The van der Waals surface area contributed by atoms with E-state index >= 15 is 0 Å². The lowest BCUT2D eigenvalue weighted by atomic mass is 10.0. The monoisotopic (exact) mass is 255 g/mol. The number of hydrogen-bond acceptors (Lipinski definition) is 4. The minimum atomic E-state index is 0.162. The van der Waals surface area contributed by atoms with Crippen LogP contribution in [-0.2, 0) is 4.74 Å². The number of ether oxygens (including phenoxy) is 1. The zero-order chi connectivity index (χ0) is 13.8. The fourth-order valence-electron chi connectivity index (χ4n) is 2.50. The lowest BCUT2D eigenvalue weighted by molar-refractivity contribution is 0.0906. The summed E-state index contributed by atoms with van der Waals surface area (Å²) in [6.07, 6.45) is 6.29. The second kappa shape index (κ2) is 5.73. The average molecular weight is 255 g/mol. The Morgan fingerprint density at radius 1 is 1.32 bits per heavy atom. The molecule has 1 saturated heterocycles. The van der Waals surface area contributed by atoms with E-state index in [1.165, 1.54) is 0 Å². The van der Waals surface area contributed by atoms with Gasteiger partial charge in [-0.1, -0.05) is 0 Å². The largest absolute Gasteiger partial charge is 0.376 e. The number of nitriles is 2. The quantitative estimate of drug-likeness (QED) is 0.712. The van der Waals surface area contributed by atoms with Crippen molar-refractivity contribution < 1.29 is 4.74 Å². The molecule has 4 nitrogen and oxygen atoms in total. The van der Waals surface area contributed by atoms with E-state index in [0.29, 0.717) is 5.57 Å². The summed E-state index contributed by atoms with van der Waals surface area (Å²) >= 11 is 0. The molecule has 1 fully saturated rings. The molecule has 2 aliphatic heterocycles. The maximum Gasteiger partial charge on any atom is 0.137 e. The van der Waals surface area contributed by atoms with Gasteiger partial charge in [-0.2, -0.15) is 10.5 Å². The predicted octanol–water partition coefficient (Wildman–Crippen LogP) is 2.63. The van der Waals surface area contributed by atoms with Crippen LogP contribution in [-0.4, -0.2) is 24.2 Å². The van der Waals surface area contributed by atoms with Gasteiger partial charge in [0.1, 0.15) is 17.7 Å². The van der Waals surface area contributed by atoms with Crippen molar-refractivity contribution in [2.24, 2.45) is 0 Å². The summed E-state index contributed by atoms with van der Waals surface area (Å²) in [6, 6.07) is 3.87. The second-order valence-corrected chi connectivity index (χ2v) is 4.87. The van der Waals surface area contributed by atoms with E-state index in [1.807, 2.05) is 38.1 Å². The minimum Gasteiger partial charge on any atom is -0.376 e. The summed E-state index contributed by atoms with van der Waals surface area (Å²) in [4.78, 5) is 2.19. The first-order valence-electron chi connectivity index (χ1n) is 6.46. The second-order valence-electron chi connectivity index (χ2n) is 4.87. The first kappa shape index (κ1) is 13.4. The molecule has 19 heavy (non-hydrogen) atoms. The predicted molar refractivity (Wildman–Crippen MR) is 71.4 cm³/mol. The van der Waals surface area contributed by atoms with Crippen LogP contribution in [0.5, 0.6) is 0 Å². The molecule has 2 aliphatic rings. The normalized spacial score (nSPS) is 22.4. The third kappa shape index (κ3) is 2.86. The fourth-order valence-corrected chi connectivity index (χ4v) is 2.50. The third-order valence-corrected chi connectivity index (χ3v) is 3.50. The molecule has 98 valence electrons. The molecule has 0 spiro atoms. The fraction of sp³-hybridized carbons (Fsp3) is 0.467. The molecular formula is C15H17N3O. The molecule has 1 atom stereocenters. The summed E-state index contributed by atoms with van der Waals surface area (Å²) in [6.45, 7) is 5.68. The van der Waals surface area contributed by atoms with Gasteiger partial charge in [0.05, 0.1) is 6.10 Å². The Balaban J connectivity index is 2.21. The van der Waals surface area contributed by atoms with Gasteiger partial charge in [0.2, 0.25) is 0 Å². The van der Waals surface area contributed by atoms with Crippen molar-refractivity contribution in [2.45, 2.75) is 32.8 Å². The van der Waals surface area contributed by atoms with Crippen molar-refractivity contribution in [3.63, 3.8) is 0 Å². The Morgan fingerprint density at radius 3 is 2.42 bits per heavy atom. The summed E-state index contributed by atoms with van der Waals surface area (Å²) in [7, 11) is 0. The minimum absolute atomic E-state index is 0.162. The highest BCUT2D eigenvalue weighted by Crippen LogP contribution is 2.26. The zero-order valence-corrected chi connectivity index (χ0v) is 11.3. The molecule has 0 aromatic carbocycles. The highest BCUT2D eigenvalue weighted by molar-refractivity contribution is 5.53. The highest BCUT2D eigenvalue weighted by Gasteiger charge is 2.22. The van der Waals surface area contributed by atoms with Gasteiger partial charge in [0.25, 0.3) is 0 Å². The van der Waals surface area contributed by atoms with E-state index in [-0.39, 0.29) is 11.7 Å². The Kier molecular flexibility index (Phi) is 4.04. The molecule has 0 amide bonds. The van der Waals surface area contributed by atoms with Crippen molar-refractivity contribution in [3.05, 3.63) is 34.7 Å². The SMILES string of the molecule is CC1=CC(=C(C#N)C#N)C=C(C)N1CC1CCCO1. The van der Waals surface area contributed by atoms with Crippen molar-refractivity contribution in [1.82, 2.24) is 4.90 Å². The first-order valence-corrected chi connectivity index (χ1v) is 6.46. The molecule has 0 saturated carbocycles. The molecule has 4 heteroatoms. The highest BCUT2D eigenvalue weighted by atomic mass is 16.5. The van der Waals surface area contributed by atoms with Crippen LogP contribution in [0.3, 0.4) is 0 Å². The molecule has 0 aromatic rings. The number of allylic oxidation sites excluding steroid dienone is 6. The Labute approximate surface area is 113 Å². The molecule has 1 unspecified atom stereocenters. The molecule has 0 aromatic heterocycles. The van der Waals surface area contributed by atoms with Gasteiger partial charge in [0.15, 0.2) is 0 Å². The molecule has 0 radical (unpaired) electrons. The average Bonchev–Trinajstić information content (AvgIpc) is 2.88. The number of hydrogen-bond donors (Lipinski definition) is 0. The third-order valence-electron chi connectivity index (χ3n) is 3.50. The lowest BCUT2D eigenvalue weighted by Gasteiger charge is -2.31. The molecular weight excluding hydrogens is 238 g/mol. The Morgan fingerprint density at radius 2 is 1.95 bits per heavy atom. The van der Waals surface area contributed by atoms with Gasteiger partial charge in [-0.05, 0) is 38.8 Å². The van der Waals surface area contributed by atoms with E-state index in [1.54, 1.807) is 0 Å². The van der Waals surface area contributed by atoms with Crippen LogP contribution in [0.4, 0.5) is 0 Å². The lowest BCUT2D eigenvalue weighted by Crippen LogP contribution is -2.31. The zero-order valence-electron chi connectivity index (χ0n) is 11.3. The van der Waals surface area contributed by atoms with Crippen LogP contribution < -0.4 is 0 Å². The maximum absolute atomic E-state index is 8.92. The van der Waals surface area contributed by atoms with Gasteiger partial charge < -0.3 is 9.64 Å². The summed E-state index contributed by atoms with van der Waals surface area (Å²) in [5.74, 6) is 0. The van der Waals surface area contributed by atoms with Gasteiger partial charge in [0, 0.05) is 30.1 Å². The van der Waals surface area contributed by atoms with Gasteiger partial charge in [-0.3, -0.25) is 0 Å². The summed E-state index contributed by atoms with van der Waals surface area (Å²) < 4.78 is 5.66. The molecule has 2 heterocycles. The van der Waals surface area contributed by atoms with E-state index < -0.39 is 0 Å². The van der Waals surface area contributed by atoms with Crippen molar-refractivity contribution in [1.29, 1.82) is 10.5 Å². The Hall–Kier alpha value is -2.04. The topological polar surface area (TPSA) is 60.0 Å².